The zero-order valence-corrected chi connectivity index (χ0v) is 20.5. The van der Waals surface area contributed by atoms with E-state index in [1.54, 1.807) is 24.3 Å². The summed E-state index contributed by atoms with van der Waals surface area (Å²) in [5.41, 5.74) is 3.63. The number of nitrogens with zero attached hydrogens (tertiary/aromatic N) is 1. The van der Waals surface area contributed by atoms with Gasteiger partial charge in [0.05, 0.1) is 5.60 Å². The van der Waals surface area contributed by atoms with Crippen LogP contribution >= 0.6 is 0 Å². The van der Waals surface area contributed by atoms with Crippen LogP contribution in [0.4, 0.5) is 4.39 Å². The maximum atomic E-state index is 13.8. The predicted octanol–water partition coefficient (Wildman–Crippen LogP) is 5.34. The highest BCUT2D eigenvalue weighted by Gasteiger charge is 2.34. The van der Waals surface area contributed by atoms with E-state index in [2.05, 4.69) is 41.4 Å². The molecule has 5 nitrogen and oxygen atoms in total. The van der Waals surface area contributed by atoms with E-state index in [9.17, 15) is 14.3 Å². The summed E-state index contributed by atoms with van der Waals surface area (Å²) in [6, 6.07) is 22.5. The highest BCUT2D eigenvalue weighted by molar-refractivity contribution is 5.96. The van der Waals surface area contributed by atoms with Crippen LogP contribution in [0.2, 0.25) is 0 Å². The lowest BCUT2D eigenvalue weighted by molar-refractivity contribution is -0.0276. The highest BCUT2D eigenvalue weighted by atomic mass is 19.1. The third-order valence-corrected chi connectivity index (χ3v) is 7.13. The first-order valence-electron chi connectivity index (χ1n) is 12.5. The molecule has 5 rings (SSSR count). The van der Waals surface area contributed by atoms with Crippen LogP contribution in [0.15, 0.2) is 77.2 Å². The second kappa shape index (κ2) is 10.2. The molecule has 0 bridgehead atoms. The van der Waals surface area contributed by atoms with Gasteiger partial charge in [0.1, 0.15) is 11.4 Å². The van der Waals surface area contributed by atoms with Gasteiger partial charge in [0.25, 0.3) is 5.91 Å². The summed E-state index contributed by atoms with van der Waals surface area (Å²) in [5, 5.41) is 15.0. The van der Waals surface area contributed by atoms with Crippen LogP contribution in [0.1, 0.15) is 45.7 Å². The van der Waals surface area contributed by atoms with Crippen molar-refractivity contribution in [2.24, 2.45) is 0 Å². The second-order valence-corrected chi connectivity index (χ2v) is 9.75. The monoisotopic (exact) mass is 486 g/mol. The Hall–Kier alpha value is -3.48. The fourth-order valence-electron chi connectivity index (χ4n) is 4.87. The molecule has 186 valence electrons. The number of carbonyl (C=O) groups is 1. The topological polar surface area (TPSA) is 65.7 Å². The van der Waals surface area contributed by atoms with Gasteiger partial charge in [-0.05, 0) is 67.1 Å². The maximum Gasteiger partial charge on any atom is 0.287 e. The maximum absolute atomic E-state index is 13.8. The molecule has 6 heteroatoms. The van der Waals surface area contributed by atoms with Gasteiger partial charge >= 0.3 is 0 Å². The van der Waals surface area contributed by atoms with E-state index in [0.29, 0.717) is 37.0 Å². The van der Waals surface area contributed by atoms with Crippen LogP contribution in [0.3, 0.4) is 0 Å². The molecule has 1 aromatic heterocycles. The summed E-state index contributed by atoms with van der Waals surface area (Å²) in [6.07, 6.45) is 1.69. The first kappa shape index (κ1) is 24.2. The van der Waals surface area contributed by atoms with Gasteiger partial charge in [-0.25, -0.2) is 4.39 Å². The Labute approximate surface area is 210 Å². The van der Waals surface area contributed by atoms with Crippen molar-refractivity contribution < 1.29 is 18.7 Å². The number of rotatable bonds is 7. The van der Waals surface area contributed by atoms with E-state index in [0.717, 1.165) is 30.6 Å². The first-order valence-corrected chi connectivity index (χ1v) is 12.5. The molecule has 4 aromatic rings. The van der Waals surface area contributed by atoms with Gasteiger partial charge in [-0.1, -0.05) is 54.1 Å². The second-order valence-electron chi connectivity index (χ2n) is 9.75. The van der Waals surface area contributed by atoms with Crippen molar-refractivity contribution >= 4 is 16.9 Å². The van der Waals surface area contributed by atoms with Gasteiger partial charge < -0.3 is 14.8 Å². The molecule has 3 aromatic carbocycles. The number of halogens is 1. The van der Waals surface area contributed by atoms with Crippen LogP contribution in [0, 0.1) is 12.7 Å². The molecule has 36 heavy (non-hydrogen) atoms. The number of fused-ring (bicyclic) bond motifs is 1. The summed E-state index contributed by atoms with van der Waals surface area (Å²) in [6.45, 7) is 4.89. The summed E-state index contributed by atoms with van der Waals surface area (Å²) in [7, 11) is 0. The van der Waals surface area contributed by atoms with Crippen LogP contribution in [0.25, 0.3) is 11.0 Å². The van der Waals surface area contributed by atoms with E-state index in [1.807, 2.05) is 18.2 Å². The van der Waals surface area contributed by atoms with Crippen molar-refractivity contribution in [1.82, 2.24) is 10.2 Å². The van der Waals surface area contributed by atoms with Gasteiger partial charge in [0.15, 0.2) is 5.76 Å². The molecule has 1 aliphatic heterocycles. The van der Waals surface area contributed by atoms with Gasteiger partial charge in [-0.3, -0.25) is 9.69 Å². The number of aryl methyl sites for hydroxylation is 1. The zero-order chi connectivity index (χ0) is 25.1. The lowest BCUT2D eigenvalue weighted by Crippen LogP contribution is -2.42. The minimum Gasteiger partial charge on any atom is -0.451 e. The standard InChI is InChI=1S/C30H31FN2O3/c1-21-6-8-22(9-7-21)20-33-16-13-30(35,14-17-33)25-10-11-27-24(18-25)19-28(36-27)29(34)32-15-12-23-4-2-3-5-26(23)31/h2-11,18-19,35H,12-17,20H2,1H3,(H,32,34). The van der Waals surface area contributed by atoms with Crippen molar-refractivity contribution in [1.29, 1.82) is 0 Å². The Kier molecular flexibility index (Phi) is 6.90. The minimum absolute atomic E-state index is 0.204. The molecule has 0 aliphatic carbocycles. The smallest absolute Gasteiger partial charge is 0.287 e. The molecule has 0 atom stereocenters. The third-order valence-electron chi connectivity index (χ3n) is 7.13. The molecular weight excluding hydrogens is 455 g/mol. The third kappa shape index (κ3) is 5.35. The minimum atomic E-state index is -0.905. The highest BCUT2D eigenvalue weighted by Crippen LogP contribution is 2.35. The largest absolute Gasteiger partial charge is 0.451 e. The van der Waals surface area contributed by atoms with E-state index in [4.69, 9.17) is 4.42 Å². The number of nitrogens with one attached hydrogen (secondary N) is 1. The average molecular weight is 487 g/mol. The number of aliphatic hydroxyl groups is 1. The Morgan fingerprint density at radius 2 is 1.81 bits per heavy atom. The van der Waals surface area contributed by atoms with Crippen molar-refractivity contribution in [2.75, 3.05) is 19.6 Å². The van der Waals surface area contributed by atoms with E-state index in [-0.39, 0.29) is 17.5 Å². The van der Waals surface area contributed by atoms with Crippen LogP contribution < -0.4 is 5.32 Å². The molecule has 1 aliphatic rings. The van der Waals surface area contributed by atoms with Crippen molar-refractivity contribution in [3.8, 4) is 0 Å². The average Bonchev–Trinajstić information content (AvgIpc) is 3.32. The van der Waals surface area contributed by atoms with Gasteiger partial charge in [-0.2, -0.15) is 0 Å². The Balaban J connectivity index is 1.20. The number of hydrogen-bond donors (Lipinski definition) is 2. The summed E-state index contributed by atoms with van der Waals surface area (Å²) < 4.78 is 19.5. The molecule has 1 amide bonds. The van der Waals surface area contributed by atoms with Crippen molar-refractivity contribution in [2.45, 2.75) is 38.3 Å². The summed E-state index contributed by atoms with van der Waals surface area (Å²) in [4.78, 5) is 15.0. The molecule has 0 radical (unpaired) electrons. The van der Waals surface area contributed by atoms with Crippen molar-refractivity contribution in [3.05, 3.63) is 107 Å². The van der Waals surface area contributed by atoms with Gasteiger partial charge in [-0.15, -0.1) is 0 Å². The lowest BCUT2D eigenvalue weighted by atomic mass is 9.84. The molecular formula is C30H31FN2O3. The van der Waals surface area contributed by atoms with Gasteiger partial charge in [0.2, 0.25) is 0 Å². The number of hydrogen-bond acceptors (Lipinski definition) is 4. The van der Waals surface area contributed by atoms with Crippen LogP contribution in [-0.4, -0.2) is 35.5 Å². The Bertz CT molecular complexity index is 1350. The molecule has 0 spiro atoms. The number of carbonyl (C=O) groups excluding carboxylic acids is 1. The number of amides is 1. The molecule has 1 fully saturated rings. The van der Waals surface area contributed by atoms with E-state index >= 15 is 0 Å². The van der Waals surface area contributed by atoms with E-state index < -0.39 is 5.60 Å². The number of benzene rings is 3. The summed E-state index contributed by atoms with van der Waals surface area (Å²) >= 11 is 0. The lowest BCUT2D eigenvalue weighted by Gasteiger charge is -2.38. The fraction of sp³-hybridized carbons (Fsp3) is 0.300. The number of likely N-dealkylation sites (tertiary alicyclic amines) is 1. The molecule has 0 saturated carbocycles. The SMILES string of the molecule is Cc1ccc(CN2CCC(O)(c3ccc4oc(C(=O)NCCc5ccccc5F)cc4c3)CC2)cc1. The normalized spacial score (nSPS) is 15.8. The molecule has 0 unspecified atom stereocenters. The Morgan fingerprint density at radius 1 is 1.06 bits per heavy atom. The predicted molar refractivity (Wildman–Crippen MR) is 138 cm³/mol. The summed E-state index contributed by atoms with van der Waals surface area (Å²) in [5.74, 6) is -0.412. The number of furan rings is 1. The molecule has 1 saturated heterocycles. The van der Waals surface area contributed by atoms with E-state index in [1.165, 1.54) is 17.2 Å². The quantitative estimate of drug-likeness (QED) is 0.370. The zero-order valence-electron chi connectivity index (χ0n) is 20.5. The molecule has 2 heterocycles. The number of piperidine rings is 1. The van der Waals surface area contributed by atoms with Crippen molar-refractivity contribution in [3.63, 3.8) is 0 Å². The molecule has 2 N–H and O–H groups in total. The first-order chi connectivity index (χ1) is 17.4. The van der Waals surface area contributed by atoms with Crippen LogP contribution in [0.5, 0.6) is 0 Å². The Morgan fingerprint density at radius 3 is 2.56 bits per heavy atom. The van der Waals surface area contributed by atoms with Crippen LogP contribution in [-0.2, 0) is 18.6 Å². The van der Waals surface area contributed by atoms with Gasteiger partial charge in [0, 0.05) is 31.6 Å². The fourth-order valence-corrected chi connectivity index (χ4v) is 4.87.